The molecule has 0 spiro atoms. The van der Waals surface area contributed by atoms with E-state index in [2.05, 4.69) is 11.2 Å². The number of primary amides is 1. The number of hydrazine groups is 1. The second-order valence-corrected chi connectivity index (χ2v) is 2.39. The lowest BCUT2D eigenvalue weighted by Gasteiger charge is -1.98. The normalized spacial score (nSPS) is 8.64. The first-order valence-electron chi connectivity index (χ1n) is 3.76. The second kappa shape index (κ2) is 6.70. The minimum atomic E-state index is -1.33. The molecule has 1 amide bonds. The van der Waals surface area contributed by atoms with E-state index >= 15 is 0 Å². The predicted octanol–water partition coefficient (Wildman–Crippen LogP) is -0.0214. The molecule has 0 aliphatic rings. The van der Waals surface area contributed by atoms with Gasteiger partial charge in [-0.25, -0.2) is 4.79 Å². The molecule has 0 atom stereocenters. The van der Waals surface area contributed by atoms with Crippen LogP contribution in [0.25, 0.3) is 0 Å². The summed E-state index contributed by atoms with van der Waals surface area (Å²) in [6.07, 6.45) is -1.33. The number of carboxylic acid groups (broad SMARTS) is 1. The number of benzene rings is 1. The van der Waals surface area contributed by atoms with E-state index in [4.69, 9.17) is 20.9 Å². The minimum Gasteiger partial charge on any atom is -0.508 e. The van der Waals surface area contributed by atoms with Crippen LogP contribution in [0.1, 0.15) is 5.56 Å². The maximum absolute atomic E-state index is 8.97. The Morgan fingerprint density at radius 2 is 2.07 bits per heavy atom. The molecule has 78 valence electrons. The number of phenols is 1. The summed E-state index contributed by atoms with van der Waals surface area (Å²) in [4.78, 5) is 8.78. The number of carbonyl (C=O) groups is 1. The Kier molecular flexibility index (Phi) is 5.84. The highest BCUT2D eigenvalue weighted by molar-refractivity contribution is 5.61. The van der Waals surface area contributed by atoms with Crippen molar-refractivity contribution >= 4 is 6.09 Å². The molecule has 0 saturated carbocycles. The van der Waals surface area contributed by atoms with E-state index in [0.29, 0.717) is 6.54 Å². The number of phenolic OH excluding ortho intramolecular Hbond substituents is 1. The van der Waals surface area contributed by atoms with Crippen molar-refractivity contribution in [2.75, 3.05) is 0 Å². The fraction of sp³-hybridized carbons (Fsp3) is 0.125. The number of amides is 1. The van der Waals surface area contributed by atoms with Crippen molar-refractivity contribution in [2.45, 2.75) is 6.54 Å². The summed E-state index contributed by atoms with van der Waals surface area (Å²) in [7, 11) is 0. The van der Waals surface area contributed by atoms with Crippen molar-refractivity contribution in [1.29, 1.82) is 0 Å². The topological polar surface area (TPSA) is 122 Å². The van der Waals surface area contributed by atoms with Crippen LogP contribution < -0.4 is 17.0 Å². The second-order valence-electron chi connectivity index (χ2n) is 2.39. The summed E-state index contributed by atoms with van der Waals surface area (Å²) < 4.78 is 0. The van der Waals surface area contributed by atoms with Crippen LogP contribution in [0.15, 0.2) is 24.3 Å². The zero-order valence-electron chi connectivity index (χ0n) is 7.47. The molecule has 0 aromatic heterocycles. The molecule has 0 bridgehead atoms. The zero-order valence-corrected chi connectivity index (χ0v) is 7.47. The van der Waals surface area contributed by atoms with Gasteiger partial charge in [0.25, 0.3) is 0 Å². The lowest BCUT2D eigenvalue weighted by molar-refractivity contribution is 0.205. The molecule has 0 fully saturated rings. The molecule has 1 rings (SSSR count). The molecule has 14 heavy (non-hydrogen) atoms. The van der Waals surface area contributed by atoms with Crippen LogP contribution in [0.4, 0.5) is 4.79 Å². The third-order valence-electron chi connectivity index (χ3n) is 1.22. The van der Waals surface area contributed by atoms with Crippen LogP contribution in [0.5, 0.6) is 5.75 Å². The average molecular weight is 199 g/mol. The van der Waals surface area contributed by atoms with Crippen molar-refractivity contribution in [2.24, 2.45) is 11.6 Å². The van der Waals surface area contributed by atoms with E-state index in [1.807, 2.05) is 6.07 Å². The van der Waals surface area contributed by atoms with Gasteiger partial charge in [-0.05, 0) is 17.7 Å². The standard InChI is InChI=1S/C7H10N2O.CH3NO2/c8-9-5-6-2-1-3-7(10)4-6;2-1(3)4/h1-4,9-10H,5,8H2;2H2,(H,3,4). The molecule has 7 N–H and O–H groups in total. The van der Waals surface area contributed by atoms with Gasteiger partial charge in [-0.1, -0.05) is 12.1 Å². The summed E-state index contributed by atoms with van der Waals surface area (Å²) in [5.74, 6) is 5.35. The SMILES string of the molecule is NC(=O)O.NNCc1cccc(O)c1. The zero-order chi connectivity index (χ0) is 11.0. The molecule has 0 aliphatic heterocycles. The van der Waals surface area contributed by atoms with Crippen molar-refractivity contribution < 1.29 is 15.0 Å². The summed E-state index contributed by atoms with van der Waals surface area (Å²) in [5, 5.41) is 16.2. The third-order valence-corrected chi connectivity index (χ3v) is 1.22. The fourth-order valence-corrected chi connectivity index (χ4v) is 0.784. The fourth-order valence-electron chi connectivity index (χ4n) is 0.784. The molecule has 6 nitrogen and oxygen atoms in total. The van der Waals surface area contributed by atoms with Gasteiger partial charge in [0.15, 0.2) is 0 Å². The molecule has 0 aliphatic carbocycles. The van der Waals surface area contributed by atoms with Gasteiger partial charge in [0, 0.05) is 6.54 Å². The van der Waals surface area contributed by atoms with Gasteiger partial charge in [-0.2, -0.15) is 0 Å². The van der Waals surface area contributed by atoms with Crippen molar-refractivity contribution in [3.8, 4) is 5.75 Å². The molecule has 6 heteroatoms. The van der Waals surface area contributed by atoms with Crippen molar-refractivity contribution in [3.63, 3.8) is 0 Å². The Morgan fingerprint density at radius 3 is 2.50 bits per heavy atom. The lowest BCUT2D eigenvalue weighted by atomic mass is 10.2. The Morgan fingerprint density at radius 1 is 1.50 bits per heavy atom. The maximum atomic E-state index is 8.97. The van der Waals surface area contributed by atoms with Gasteiger partial charge in [0.05, 0.1) is 0 Å². The highest BCUT2D eigenvalue weighted by Gasteiger charge is 1.90. The van der Waals surface area contributed by atoms with Crippen molar-refractivity contribution in [3.05, 3.63) is 29.8 Å². The molecule has 1 aromatic rings. The third kappa shape index (κ3) is 6.89. The highest BCUT2D eigenvalue weighted by atomic mass is 16.4. The van der Waals surface area contributed by atoms with E-state index < -0.39 is 6.09 Å². The molecule has 0 radical (unpaired) electrons. The molecule has 0 saturated heterocycles. The van der Waals surface area contributed by atoms with E-state index in [9.17, 15) is 0 Å². The quantitative estimate of drug-likeness (QED) is 0.338. The summed E-state index contributed by atoms with van der Waals surface area (Å²) in [5.41, 5.74) is 7.50. The Labute approximate surface area is 81.1 Å². The molecular weight excluding hydrogens is 186 g/mol. The average Bonchev–Trinajstić information content (AvgIpc) is 2.03. The first kappa shape index (κ1) is 12.2. The van der Waals surface area contributed by atoms with E-state index in [1.54, 1.807) is 18.2 Å². The molecule has 1 aromatic carbocycles. The Balaban J connectivity index is 0.000000364. The first-order chi connectivity index (χ1) is 6.56. The predicted molar refractivity (Wildman–Crippen MR) is 51.3 cm³/mol. The number of nitrogens with one attached hydrogen (secondary N) is 1. The largest absolute Gasteiger partial charge is 0.508 e. The number of hydrogen-bond donors (Lipinski definition) is 5. The number of rotatable bonds is 2. The number of aromatic hydroxyl groups is 1. The van der Waals surface area contributed by atoms with E-state index in [0.717, 1.165) is 5.56 Å². The first-order valence-corrected chi connectivity index (χ1v) is 3.76. The minimum absolute atomic E-state index is 0.271. The Bertz CT molecular complexity index is 287. The van der Waals surface area contributed by atoms with Crippen LogP contribution in [0.3, 0.4) is 0 Å². The van der Waals surface area contributed by atoms with E-state index in [1.165, 1.54) is 0 Å². The van der Waals surface area contributed by atoms with Crippen LogP contribution in [0, 0.1) is 0 Å². The van der Waals surface area contributed by atoms with Crippen LogP contribution in [-0.4, -0.2) is 16.3 Å². The van der Waals surface area contributed by atoms with Gasteiger partial charge in [0.2, 0.25) is 0 Å². The Hall–Kier alpha value is -1.79. The molecular formula is C8H13N3O3. The summed E-state index contributed by atoms with van der Waals surface area (Å²) >= 11 is 0. The molecule has 0 heterocycles. The summed E-state index contributed by atoms with van der Waals surface area (Å²) in [6.45, 7) is 0.578. The lowest BCUT2D eigenvalue weighted by Crippen LogP contribution is -2.20. The van der Waals surface area contributed by atoms with E-state index in [-0.39, 0.29) is 5.75 Å². The number of hydrogen-bond acceptors (Lipinski definition) is 4. The van der Waals surface area contributed by atoms with Crippen LogP contribution in [0.2, 0.25) is 0 Å². The molecule has 0 unspecified atom stereocenters. The van der Waals surface area contributed by atoms with Gasteiger partial charge in [-0.15, -0.1) is 0 Å². The van der Waals surface area contributed by atoms with Crippen LogP contribution >= 0.6 is 0 Å². The summed E-state index contributed by atoms with van der Waals surface area (Å²) in [6, 6.07) is 6.96. The highest BCUT2D eigenvalue weighted by Crippen LogP contribution is 2.09. The van der Waals surface area contributed by atoms with Crippen molar-refractivity contribution in [1.82, 2.24) is 5.43 Å². The number of nitrogens with two attached hydrogens (primary N) is 2. The maximum Gasteiger partial charge on any atom is 0.402 e. The smallest absolute Gasteiger partial charge is 0.402 e. The van der Waals surface area contributed by atoms with Crippen LogP contribution in [-0.2, 0) is 6.54 Å². The van der Waals surface area contributed by atoms with Gasteiger partial charge < -0.3 is 15.9 Å². The van der Waals surface area contributed by atoms with Gasteiger partial charge in [-0.3, -0.25) is 11.3 Å². The van der Waals surface area contributed by atoms with Gasteiger partial charge in [0.1, 0.15) is 5.75 Å². The van der Waals surface area contributed by atoms with Gasteiger partial charge >= 0.3 is 6.09 Å². The monoisotopic (exact) mass is 199 g/mol.